The normalized spacial score (nSPS) is 11.7. The van der Waals surface area contributed by atoms with E-state index in [0.717, 1.165) is 18.8 Å². The maximum Gasteiger partial charge on any atom is 0.127 e. The van der Waals surface area contributed by atoms with Gasteiger partial charge in [0.1, 0.15) is 5.75 Å². The lowest BCUT2D eigenvalue weighted by atomic mass is 9.84. The van der Waals surface area contributed by atoms with Crippen LogP contribution in [0.5, 0.6) is 5.75 Å². The quantitative estimate of drug-likeness (QED) is 0.857. The van der Waals surface area contributed by atoms with Crippen molar-refractivity contribution in [1.29, 1.82) is 0 Å². The highest BCUT2D eigenvalue weighted by Gasteiger charge is 2.21. The molecule has 0 saturated heterocycles. The van der Waals surface area contributed by atoms with Gasteiger partial charge in [-0.3, -0.25) is 0 Å². The van der Waals surface area contributed by atoms with Gasteiger partial charge in [-0.25, -0.2) is 0 Å². The smallest absolute Gasteiger partial charge is 0.127 e. The monoisotopic (exact) mass is 249 g/mol. The van der Waals surface area contributed by atoms with Crippen LogP contribution in [0.4, 0.5) is 0 Å². The molecule has 0 fully saturated rings. The summed E-state index contributed by atoms with van der Waals surface area (Å²) >= 11 is 0. The second-order valence-corrected chi connectivity index (χ2v) is 5.76. The van der Waals surface area contributed by atoms with E-state index in [1.54, 1.807) is 0 Å². The minimum Gasteiger partial charge on any atom is -0.493 e. The van der Waals surface area contributed by atoms with Crippen molar-refractivity contribution in [2.75, 3.05) is 13.2 Å². The van der Waals surface area contributed by atoms with Crippen molar-refractivity contribution in [3.05, 3.63) is 28.8 Å². The van der Waals surface area contributed by atoms with Crippen LogP contribution in [-0.4, -0.2) is 13.2 Å². The Labute approximate surface area is 112 Å². The molecule has 0 spiro atoms. The van der Waals surface area contributed by atoms with Crippen LogP contribution in [0.25, 0.3) is 0 Å². The molecule has 18 heavy (non-hydrogen) atoms. The van der Waals surface area contributed by atoms with Crippen molar-refractivity contribution in [2.45, 2.75) is 53.5 Å². The number of rotatable bonds is 5. The highest BCUT2D eigenvalue weighted by Crippen LogP contribution is 2.35. The summed E-state index contributed by atoms with van der Waals surface area (Å²) in [4.78, 5) is 0. The van der Waals surface area contributed by atoms with Crippen LogP contribution in [0.3, 0.4) is 0 Å². The minimum atomic E-state index is 0.109. The van der Waals surface area contributed by atoms with Gasteiger partial charge < -0.3 is 10.1 Å². The van der Waals surface area contributed by atoms with Gasteiger partial charge in [0.25, 0.3) is 0 Å². The van der Waals surface area contributed by atoms with E-state index in [0.29, 0.717) is 6.61 Å². The fourth-order valence-corrected chi connectivity index (χ4v) is 2.11. The zero-order chi connectivity index (χ0) is 13.8. The molecule has 0 saturated carbocycles. The summed E-state index contributed by atoms with van der Waals surface area (Å²) in [5.74, 6) is 1.07. The van der Waals surface area contributed by atoms with Crippen molar-refractivity contribution in [3.63, 3.8) is 0 Å². The Morgan fingerprint density at radius 2 is 1.83 bits per heavy atom. The first-order chi connectivity index (χ1) is 8.40. The third-order valence-electron chi connectivity index (χ3n) is 2.97. The number of benzene rings is 1. The van der Waals surface area contributed by atoms with Gasteiger partial charge >= 0.3 is 0 Å². The van der Waals surface area contributed by atoms with Gasteiger partial charge in [0.05, 0.1) is 6.61 Å². The summed E-state index contributed by atoms with van der Waals surface area (Å²) in [7, 11) is 0. The van der Waals surface area contributed by atoms with Crippen molar-refractivity contribution >= 4 is 0 Å². The first-order valence-electron chi connectivity index (χ1n) is 6.87. The second-order valence-electron chi connectivity index (χ2n) is 5.76. The third kappa shape index (κ3) is 3.74. The summed E-state index contributed by atoms with van der Waals surface area (Å²) in [6.07, 6.45) is 0. The summed E-state index contributed by atoms with van der Waals surface area (Å²) in [6.45, 7) is 15.6. The molecule has 0 aliphatic carbocycles. The largest absolute Gasteiger partial charge is 0.493 e. The van der Waals surface area contributed by atoms with Crippen molar-refractivity contribution in [2.24, 2.45) is 0 Å². The third-order valence-corrected chi connectivity index (χ3v) is 2.97. The molecule has 0 aromatic heterocycles. The molecule has 0 heterocycles. The zero-order valence-electron chi connectivity index (χ0n) is 12.7. The van der Waals surface area contributed by atoms with Gasteiger partial charge in [-0.15, -0.1) is 0 Å². The highest BCUT2D eigenvalue weighted by atomic mass is 16.5. The van der Waals surface area contributed by atoms with E-state index in [2.05, 4.69) is 52.1 Å². The van der Waals surface area contributed by atoms with Crippen LogP contribution in [0.15, 0.2) is 12.1 Å². The van der Waals surface area contributed by atoms with Crippen molar-refractivity contribution in [1.82, 2.24) is 5.32 Å². The average Bonchev–Trinajstić information content (AvgIpc) is 2.27. The van der Waals surface area contributed by atoms with Crippen LogP contribution in [0, 0.1) is 6.92 Å². The number of ether oxygens (including phenoxy) is 1. The van der Waals surface area contributed by atoms with E-state index in [1.165, 1.54) is 16.7 Å². The molecule has 1 rings (SSSR count). The minimum absolute atomic E-state index is 0.109. The molecule has 1 aromatic rings. The summed E-state index contributed by atoms with van der Waals surface area (Å²) < 4.78 is 5.91. The van der Waals surface area contributed by atoms with Gasteiger partial charge in [-0.05, 0) is 25.8 Å². The number of nitrogens with one attached hydrogen (secondary N) is 1. The van der Waals surface area contributed by atoms with Gasteiger partial charge in [0.2, 0.25) is 0 Å². The predicted molar refractivity (Wildman–Crippen MR) is 78.4 cm³/mol. The van der Waals surface area contributed by atoms with Gasteiger partial charge in [-0.1, -0.05) is 45.4 Å². The van der Waals surface area contributed by atoms with Crippen LogP contribution >= 0.6 is 0 Å². The van der Waals surface area contributed by atoms with E-state index >= 15 is 0 Å². The molecule has 0 aliphatic heterocycles. The van der Waals surface area contributed by atoms with E-state index in [-0.39, 0.29) is 5.41 Å². The lowest BCUT2D eigenvalue weighted by Gasteiger charge is -2.25. The molecule has 1 N–H and O–H groups in total. The van der Waals surface area contributed by atoms with Gasteiger partial charge in [0, 0.05) is 17.7 Å². The van der Waals surface area contributed by atoms with E-state index < -0.39 is 0 Å². The fourth-order valence-electron chi connectivity index (χ4n) is 2.11. The Morgan fingerprint density at radius 3 is 2.33 bits per heavy atom. The maximum atomic E-state index is 5.91. The molecule has 2 heteroatoms. The molecule has 0 radical (unpaired) electrons. The summed E-state index contributed by atoms with van der Waals surface area (Å²) in [6, 6.07) is 4.48. The predicted octanol–water partition coefficient (Wildman–Crippen LogP) is 3.80. The molecule has 0 bridgehead atoms. The van der Waals surface area contributed by atoms with Crippen molar-refractivity contribution in [3.8, 4) is 5.75 Å². The topological polar surface area (TPSA) is 21.3 Å². The SMILES string of the molecule is CCNCc1cc(C)cc(C(C)(C)C)c1OCC. The van der Waals surface area contributed by atoms with Crippen LogP contribution < -0.4 is 10.1 Å². The molecule has 1 aromatic carbocycles. The van der Waals surface area contributed by atoms with E-state index in [1.807, 2.05) is 6.92 Å². The molecule has 102 valence electrons. The lowest BCUT2D eigenvalue weighted by Crippen LogP contribution is -2.18. The highest BCUT2D eigenvalue weighted by molar-refractivity contribution is 5.47. The zero-order valence-corrected chi connectivity index (χ0v) is 12.7. The Morgan fingerprint density at radius 1 is 1.17 bits per heavy atom. The van der Waals surface area contributed by atoms with E-state index in [4.69, 9.17) is 4.74 Å². The lowest BCUT2D eigenvalue weighted by molar-refractivity contribution is 0.325. The Kier molecular flexibility index (Phi) is 5.21. The standard InChI is InChI=1S/C16H27NO/c1-7-17-11-13-9-12(3)10-14(16(4,5)6)15(13)18-8-2/h9-10,17H,7-8,11H2,1-6H3. The van der Waals surface area contributed by atoms with Crippen LogP contribution in [-0.2, 0) is 12.0 Å². The first kappa shape index (κ1) is 15.0. The summed E-state index contributed by atoms with van der Waals surface area (Å²) in [5.41, 5.74) is 3.98. The Bertz CT molecular complexity index is 391. The molecule has 2 nitrogen and oxygen atoms in total. The average molecular weight is 249 g/mol. The number of hydrogen-bond acceptors (Lipinski definition) is 2. The number of aryl methyl sites for hydroxylation is 1. The molecule has 0 aliphatic rings. The maximum absolute atomic E-state index is 5.91. The Balaban J connectivity index is 3.26. The molecule has 0 amide bonds. The molecule has 0 atom stereocenters. The molecular formula is C16H27NO. The second kappa shape index (κ2) is 6.24. The van der Waals surface area contributed by atoms with Gasteiger partial charge in [0.15, 0.2) is 0 Å². The fraction of sp³-hybridized carbons (Fsp3) is 0.625. The Hall–Kier alpha value is -1.02. The van der Waals surface area contributed by atoms with Crippen LogP contribution in [0.2, 0.25) is 0 Å². The molecule has 0 unspecified atom stereocenters. The van der Waals surface area contributed by atoms with Gasteiger partial charge in [-0.2, -0.15) is 0 Å². The van der Waals surface area contributed by atoms with E-state index in [9.17, 15) is 0 Å². The van der Waals surface area contributed by atoms with Crippen molar-refractivity contribution < 1.29 is 4.74 Å². The molecular weight excluding hydrogens is 222 g/mol. The number of hydrogen-bond donors (Lipinski definition) is 1. The first-order valence-corrected chi connectivity index (χ1v) is 6.87. The summed E-state index contributed by atoms with van der Waals surface area (Å²) in [5, 5.41) is 3.39. The van der Waals surface area contributed by atoms with Crippen LogP contribution in [0.1, 0.15) is 51.3 Å².